The summed E-state index contributed by atoms with van der Waals surface area (Å²) in [5, 5.41) is 17.8. The summed E-state index contributed by atoms with van der Waals surface area (Å²) in [6.45, 7) is 2.01. The number of rotatable bonds is 3. The SMILES string of the molecule is O=C1NC2(CCN(Cc3ccccc3[N+](=O)[O-])CC2)Nc2ccc(Br)cc21. The number of piperidine rings is 1. The summed E-state index contributed by atoms with van der Waals surface area (Å²) in [5.74, 6) is -0.0720. The second-order valence-electron chi connectivity index (χ2n) is 7.01. The van der Waals surface area contributed by atoms with Gasteiger partial charge in [0.25, 0.3) is 11.6 Å². The largest absolute Gasteiger partial charge is 0.362 e. The van der Waals surface area contributed by atoms with Crippen LogP contribution in [0.4, 0.5) is 11.4 Å². The van der Waals surface area contributed by atoms with Crippen LogP contribution in [0.1, 0.15) is 28.8 Å². The molecule has 2 aromatic rings. The average molecular weight is 431 g/mol. The lowest BCUT2D eigenvalue weighted by molar-refractivity contribution is -0.385. The van der Waals surface area contributed by atoms with Crippen molar-refractivity contribution in [2.45, 2.75) is 25.0 Å². The highest BCUT2D eigenvalue weighted by Crippen LogP contribution is 2.33. The Hall–Kier alpha value is -2.45. The fourth-order valence-electron chi connectivity index (χ4n) is 3.79. The smallest absolute Gasteiger partial charge is 0.273 e. The Labute approximate surface area is 165 Å². The van der Waals surface area contributed by atoms with Crippen LogP contribution >= 0.6 is 15.9 Å². The maximum atomic E-state index is 12.5. The number of fused-ring (bicyclic) bond motifs is 1. The molecule has 4 rings (SSSR count). The summed E-state index contributed by atoms with van der Waals surface area (Å²) in [6.07, 6.45) is 1.46. The van der Waals surface area contributed by atoms with Gasteiger partial charge in [0.1, 0.15) is 5.66 Å². The number of nitro benzene ring substituents is 1. The maximum absolute atomic E-state index is 12.5. The summed E-state index contributed by atoms with van der Waals surface area (Å²) < 4.78 is 0.869. The predicted octanol–water partition coefficient (Wildman–Crippen LogP) is 3.50. The van der Waals surface area contributed by atoms with Crippen LogP contribution in [-0.4, -0.2) is 34.5 Å². The first-order valence-corrected chi connectivity index (χ1v) is 9.60. The minimum absolute atomic E-state index is 0.0720. The molecule has 0 saturated carbocycles. The Morgan fingerprint density at radius 1 is 1.15 bits per heavy atom. The lowest BCUT2D eigenvalue weighted by Gasteiger charge is -2.46. The zero-order chi connectivity index (χ0) is 19.0. The van der Waals surface area contributed by atoms with Gasteiger partial charge in [-0.05, 0) is 18.2 Å². The summed E-state index contributed by atoms with van der Waals surface area (Å²) in [7, 11) is 0. The van der Waals surface area contributed by atoms with Crippen molar-refractivity contribution in [3.63, 3.8) is 0 Å². The molecule has 27 heavy (non-hydrogen) atoms. The maximum Gasteiger partial charge on any atom is 0.273 e. The van der Waals surface area contributed by atoms with Gasteiger partial charge < -0.3 is 10.6 Å². The molecule has 0 bridgehead atoms. The number of benzene rings is 2. The van der Waals surface area contributed by atoms with E-state index >= 15 is 0 Å². The number of amides is 1. The topological polar surface area (TPSA) is 87.5 Å². The molecule has 8 heteroatoms. The molecule has 0 atom stereocenters. The quantitative estimate of drug-likeness (QED) is 0.574. The molecular formula is C19H19BrN4O3. The van der Waals surface area contributed by atoms with Crippen molar-refractivity contribution in [1.82, 2.24) is 10.2 Å². The zero-order valence-corrected chi connectivity index (χ0v) is 16.2. The van der Waals surface area contributed by atoms with E-state index in [2.05, 4.69) is 31.5 Å². The molecule has 0 aromatic heterocycles. The number of halogens is 1. The number of nitro groups is 1. The van der Waals surface area contributed by atoms with Crippen LogP contribution in [-0.2, 0) is 6.54 Å². The zero-order valence-electron chi connectivity index (χ0n) is 14.6. The van der Waals surface area contributed by atoms with E-state index in [0.717, 1.165) is 36.1 Å². The number of hydrogen-bond acceptors (Lipinski definition) is 5. The minimum Gasteiger partial charge on any atom is -0.362 e. The van der Waals surface area contributed by atoms with Crippen molar-refractivity contribution in [3.8, 4) is 0 Å². The number of carbonyl (C=O) groups is 1. The number of anilines is 1. The van der Waals surface area contributed by atoms with Gasteiger partial charge in [0.05, 0.1) is 10.5 Å². The Balaban J connectivity index is 1.46. The lowest BCUT2D eigenvalue weighted by Crippen LogP contribution is -2.62. The second kappa shape index (κ2) is 6.94. The Morgan fingerprint density at radius 2 is 1.89 bits per heavy atom. The van der Waals surface area contributed by atoms with E-state index in [1.807, 2.05) is 24.3 Å². The molecule has 0 unspecified atom stereocenters. The molecule has 0 radical (unpaired) electrons. The van der Waals surface area contributed by atoms with Crippen LogP contribution in [0.25, 0.3) is 0 Å². The third kappa shape index (κ3) is 3.54. The lowest BCUT2D eigenvalue weighted by atomic mass is 9.92. The number of nitrogens with zero attached hydrogens (tertiary/aromatic N) is 2. The fraction of sp³-hybridized carbons (Fsp3) is 0.316. The van der Waals surface area contributed by atoms with Crippen molar-refractivity contribution in [3.05, 3.63) is 68.2 Å². The third-order valence-corrected chi connectivity index (χ3v) is 5.74. The Kier molecular flexibility index (Phi) is 4.61. The molecule has 1 fully saturated rings. The molecule has 140 valence electrons. The third-order valence-electron chi connectivity index (χ3n) is 5.24. The van der Waals surface area contributed by atoms with Crippen LogP contribution in [0.3, 0.4) is 0 Å². The molecule has 7 nitrogen and oxygen atoms in total. The van der Waals surface area contributed by atoms with Crippen molar-refractivity contribution >= 4 is 33.2 Å². The van der Waals surface area contributed by atoms with Gasteiger partial charge in [-0.15, -0.1) is 0 Å². The normalized spacial score (nSPS) is 18.5. The number of nitrogens with one attached hydrogen (secondary N) is 2. The monoisotopic (exact) mass is 430 g/mol. The van der Waals surface area contributed by atoms with Crippen LogP contribution in [0.15, 0.2) is 46.9 Å². The summed E-state index contributed by atoms with van der Waals surface area (Å²) in [4.78, 5) is 25.6. The molecule has 2 aromatic carbocycles. The van der Waals surface area contributed by atoms with E-state index in [1.165, 1.54) is 0 Å². The molecular weight excluding hydrogens is 412 g/mol. The standard InChI is InChI=1S/C19H19BrN4O3/c20-14-5-6-16-15(11-14)18(25)22-19(21-16)7-9-23(10-8-19)12-13-3-1-2-4-17(13)24(26)27/h1-6,11,21H,7-10,12H2,(H,22,25). The first kappa shape index (κ1) is 17.9. The molecule has 0 aliphatic carbocycles. The van der Waals surface area contributed by atoms with Gasteiger partial charge in [0, 0.05) is 54.3 Å². The highest BCUT2D eigenvalue weighted by atomic mass is 79.9. The van der Waals surface area contributed by atoms with E-state index in [0.29, 0.717) is 17.7 Å². The Morgan fingerprint density at radius 3 is 2.63 bits per heavy atom. The molecule has 2 aliphatic rings. The van der Waals surface area contributed by atoms with Crippen molar-refractivity contribution in [2.24, 2.45) is 0 Å². The fourth-order valence-corrected chi connectivity index (χ4v) is 4.15. The van der Waals surface area contributed by atoms with Gasteiger partial charge in [-0.3, -0.25) is 19.8 Å². The first-order valence-electron chi connectivity index (χ1n) is 8.81. The second-order valence-corrected chi connectivity index (χ2v) is 7.93. The van der Waals surface area contributed by atoms with E-state index in [9.17, 15) is 14.9 Å². The van der Waals surface area contributed by atoms with Crippen molar-refractivity contribution in [2.75, 3.05) is 18.4 Å². The highest BCUT2D eigenvalue weighted by molar-refractivity contribution is 9.10. The number of para-hydroxylation sites is 1. The molecule has 2 heterocycles. The predicted molar refractivity (Wildman–Crippen MR) is 106 cm³/mol. The molecule has 2 N–H and O–H groups in total. The molecule has 1 spiro atoms. The van der Waals surface area contributed by atoms with Crippen LogP contribution in [0.5, 0.6) is 0 Å². The first-order chi connectivity index (χ1) is 13.0. The number of hydrogen-bond donors (Lipinski definition) is 2. The number of carbonyl (C=O) groups excluding carboxylic acids is 1. The van der Waals surface area contributed by atoms with Crippen LogP contribution in [0.2, 0.25) is 0 Å². The highest BCUT2D eigenvalue weighted by Gasteiger charge is 2.40. The van der Waals surface area contributed by atoms with Gasteiger partial charge >= 0.3 is 0 Å². The minimum atomic E-state index is -0.461. The molecule has 1 amide bonds. The summed E-state index contributed by atoms with van der Waals surface area (Å²) in [5.41, 5.74) is 1.89. The summed E-state index contributed by atoms with van der Waals surface area (Å²) >= 11 is 3.40. The van der Waals surface area contributed by atoms with E-state index in [1.54, 1.807) is 18.2 Å². The van der Waals surface area contributed by atoms with Gasteiger partial charge in [-0.2, -0.15) is 0 Å². The van der Waals surface area contributed by atoms with Gasteiger partial charge in [-0.25, -0.2) is 0 Å². The van der Waals surface area contributed by atoms with E-state index in [4.69, 9.17) is 0 Å². The van der Waals surface area contributed by atoms with Gasteiger partial charge in [0.15, 0.2) is 0 Å². The Bertz CT molecular complexity index is 910. The van der Waals surface area contributed by atoms with Gasteiger partial charge in [-0.1, -0.05) is 34.1 Å². The van der Waals surface area contributed by atoms with Crippen molar-refractivity contribution in [1.29, 1.82) is 0 Å². The van der Waals surface area contributed by atoms with Crippen LogP contribution in [0, 0.1) is 10.1 Å². The van der Waals surface area contributed by atoms with Crippen LogP contribution < -0.4 is 10.6 Å². The molecule has 2 aliphatic heterocycles. The van der Waals surface area contributed by atoms with Gasteiger partial charge in [0.2, 0.25) is 0 Å². The summed E-state index contributed by atoms with van der Waals surface area (Å²) in [6, 6.07) is 12.5. The molecule has 1 saturated heterocycles. The van der Waals surface area contributed by atoms with Crippen molar-refractivity contribution < 1.29 is 9.72 Å². The van der Waals surface area contributed by atoms with E-state index < -0.39 is 5.66 Å². The van der Waals surface area contributed by atoms with E-state index in [-0.39, 0.29) is 16.5 Å². The average Bonchev–Trinajstić information content (AvgIpc) is 2.65. The number of likely N-dealkylation sites (tertiary alicyclic amines) is 1.